The summed E-state index contributed by atoms with van der Waals surface area (Å²) in [5, 5.41) is 0. The number of rotatable bonds is 3. The third-order valence-electron chi connectivity index (χ3n) is 2.02. The molecule has 1 heterocycles. The largest absolute Gasteiger partial charge is 0.374 e. The summed E-state index contributed by atoms with van der Waals surface area (Å²) >= 11 is 0. The van der Waals surface area contributed by atoms with E-state index < -0.39 is 0 Å². The van der Waals surface area contributed by atoms with Crippen LogP contribution >= 0.6 is 0 Å². The van der Waals surface area contributed by atoms with E-state index in [-0.39, 0.29) is 11.2 Å². The van der Waals surface area contributed by atoms with Gasteiger partial charge >= 0.3 is 0 Å². The van der Waals surface area contributed by atoms with Crippen molar-refractivity contribution in [1.82, 2.24) is 4.57 Å². The van der Waals surface area contributed by atoms with Crippen LogP contribution in [0.4, 0.5) is 0 Å². The monoisotopic (exact) mass is 209 g/mol. The minimum atomic E-state index is -0.145. The summed E-state index contributed by atoms with van der Waals surface area (Å²) in [6.07, 6.45) is 1.81. The van der Waals surface area contributed by atoms with Crippen LogP contribution in [0.2, 0.25) is 0 Å². The van der Waals surface area contributed by atoms with Gasteiger partial charge in [-0.2, -0.15) is 0 Å². The summed E-state index contributed by atoms with van der Waals surface area (Å²) in [6, 6.07) is 3.57. The SMILES string of the molecule is Cc1ccn(CCOC(C)(C)C)c(=O)c1. The Bertz CT molecular complexity index is 374. The number of ether oxygens (including phenoxy) is 1. The van der Waals surface area contributed by atoms with Gasteiger partial charge in [0.2, 0.25) is 0 Å². The zero-order chi connectivity index (χ0) is 11.5. The fourth-order valence-electron chi connectivity index (χ4n) is 1.24. The number of aromatic nitrogens is 1. The molecule has 3 heteroatoms. The molecule has 0 saturated carbocycles. The fourth-order valence-corrected chi connectivity index (χ4v) is 1.24. The average molecular weight is 209 g/mol. The van der Waals surface area contributed by atoms with Gasteiger partial charge in [-0.05, 0) is 39.3 Å². The summed E-state index contributed by atoms with van der Waals surface area (Å²) in [4.78, 5) is 11.5. The lowest BCUT2D eigenvalue weighted by molar-refractivity contribution is -0.00713. The van der Waals surface area contributed by atoms with Crippen LogP contribution in [0.15, 0.2) is 23.1 Å². The number of nitrogens with zero attached hydrogens (tertiary/aromatic N) is 1. The molecule has 0 amide bonds. The van der Waals surface area contributed by atoms with E-state index in [0.717, 1.165) is 5.56 Å². The normalized spacial score (nSPS) is 11.7. The molecule has 0 aromatic carbocycles. The van der Waals surface area contributed by atoms with Gasteiger partial charge in [0.05, 0.1) is 12.2 Å². The van der Waals surface area contributed by atoms with Gasteiger partial charge < -0.3 is 9.30 Å². The van der Waals surface area contributed by atoms with Crippen LogP contribution in [-0.4, -0.2) is 16.8 Å². The van der Waals surface area contributed by atoms with E-state index in [4.69, 9.17) is 4.74 Å². The Morgan fingerprint density at radius 3 is 2.60 bits per heavy atom. The van der Waals surface area contributed by atoms with Crippen molar-refractivity contribution in [2.45, 2.75) is 39.8 Å². The van der Waals surface area contributed by atoms with Crippen LogP contribution in [0.25, 0.3) is 0 Å². The lowest BCUT2D eigenvalue weighted by Gasteiger charge is -2.19. The molecule has 0 unspecified atom stereocenters. The Labute approximate surface area is 90.7 Å². The summed E-state index contributed by atoms with van der Waals surface area (Å²) in [6.45, 7) is 9.10. The minimum Gasteiger partial charge on any atom is -0.374 e. The summed E-state index contributed by atoms with van der Waals surface area (Å²) in [5.74, 6) is 0. The highest BCUT2D eigenvalue weighted by Crippen LogP contribution is 2.06. The highest BCUT2D eigenvalue weighted by atomic mass is 16.5. The van der Waals surface area contributed by atoms with Gasteiger partial charge in [0.1, 0.15) is 0 Å². The molecule has 0 N–H and O–H groups in total. The third kappa shape index (κ3) is 4.30. The van der Waals surface area contributed by atoms with Crippen molar-refractivity contribution in [2.75, 3.05) is 6.61 Å². The second kappa shape index (κ2) is 4.62. The van der Waals surface area contributed by atoms with Gasteiger partial charge in [-0.15, -0.1) is 0 Å². The molecule has 1 aromatic rings. The Balaban J connectivity index is 2.55. The summed E-state index contributed by atoms with van der Waals surface area (Å²) in [7, 11) is 0. The molecule has 0 bridgehead atoms. The van der Waals surface area contributed by atoms with Crippen molar-refractivity contribution in [1.29, 1.82) is 0 Å². The van der Waals surface area contributed by atoms with Gasteiger partial charge in [0.25, 0.3) is 5.56 Å². The smallest absolute Gasteiger partial charge is 0.250 e. The number of pyridine rings is 1. The summed E-state index contributed by atoms with van der Waals surface area (Å²) in [5.41, 5.74) is 0.884. The second-order valence-corrected chi connectivity index (χ2v) is 4.70. The molecular formula is C12H19NO2. The maximum Gasteiger partial charge on any atom is 0.250 e. The first-order chi connectivity index (χ1) is 6.88. The molecule has 0 atom stereocenters. The molecule has 1 aromatic heterocycles. The molecular weight excluding hydrogens is 190 g/mol. The van der Waals surface area contributed by atoms with E-state index in [1.165, 1.54) is 0 Å². The van der Waals surface area contributed by atoms with Crippen LogP contribution in [-0.2, 0) is 11.3 Å². The van der Waals surface area contributed by atoms with E-state index in [1.54, 1.807) is 10.6 Å². The topological polar surface area (TPSA) is 31.2 Å². The number of hydrogen-bond donors (Lipinski definition) is 0. The highest BCUT2D eigenvalue weighted by Gasteiger charge is 2.09. The van der Waals surface area contributed by atoms with Crippen LogP contribution in [0.1, 0.15) is 26.3 Å². The zero-order valence-electron chi connectivity index (χ0n) is 9.91. The second-order valence-electron chi connectivity index (χ2n) is 4.70. The van der Waals surface area contributed by atoms with Gasteiger partial charge in [-0.1, -0.05) is 0 Å². The lowest BCUT2D eigenvalue weighted by Crippen LogP contribution is -2.26. The van der Waals surface area contributed by atoms with Gasteiger partial charge in [-0.3, -0.25) is 4.79 Å². The molecule has 84 valence electrons. The van der Waals surface area contributed by atoms with Crippen LogP contribution in [0.5, 0.6) is 0 Å². The molecule has 3 nitrogen and oxygen atoms in total. The van der Waals surface area contributed by atoms with Crippen molar-refractivity contribution in [3.8, 4) is 0 Å². The van der Waals surface area contributed by atoms with Crippen LogP contribution < -0.4 is 5.56 Å². The van der Waals surface area contributed by atoms with Crippen molar-refractivity contribution in [3.63, 3.8) is 0 Å². The lowest BCUT2D eigenvalue weighted by atomic mass is 10.2. The maximum absolute atomic E-state index is 11.5. The maximum atomic E-state index is 11.5. The highest BCUT2D eigenvalue weighted by molar-refractivity contribution is 5.07. The van der Waals surface area contributed by atoms with Crippen molar-refractivity contribution >= 4 is 0 Å². The van der Waals surface area contributed by atoms with E-state index in [9.17, 15) is 4.79 Å². The average Bonchev–Trinajstić information content (AvgIpc) is 2.07. The van der Waals surface area contributed by atoms with Crippen molar-refractivity contribution < 1.29 is 4.74 Å². The quantitative estimate of drug-likeness (QED) is 0.762. The van der Waals surface area contributed by atoms with Gasteiger partial charge in [0.15, 0.2) is 0 Å². The zero-order valence-corrected chi connectivity index (χ0v) is 9.91. The molecule has 1 rings (SSSR count). The first-order valence-corrected chi connectivity index (χ1v) is 5.19. The molecule has 0 fully saturated rings. The van der Waals surface area contributed by atoms with Crippen molar-refractivity contribution in [3.05, 3.63) is 34.2 Å². The Kier molecular flexibility index (Phi) is 3.69. The van der Waals surface area contributed by atoms with Crippen LogP contribution in [0.3, 0.4) is 0 Å². The molecule has 0 aliphatic heterocycles. The molecule has 0 aliphatic carbocycles. The molecule has 0 spiro atoms. The van der Waals surface area contributed by atoms with E-state index in [2.05, 4.69) is 0 Å². The van der Waals surface area contributed by atoms with E-state index in [1.807, 2.05) is 40.0 Å². The van der Waals surface area contributed by atoms with E-state index in [0.29, 0.717) is 13.2 Å². The van der Waals surface area contributed by atoms with Gasteiger partial charge in [-0.25, -0.2) is 0 Å². The first-order valence-electron chi connectivity index (χ1n) is 5.19. The molecule has 0 radical (unpaired) electrons. The third-order valence-corrected chi connectivity index (χ3v) is 2.02. The Morgan fingerprint density at radius 1 is 1.40 bits per heavy atom. The van der Waals surface area contributed by atoms with Crippen molar-refractivity contribution in [2.24, 2.45) is 0 Å². The Hall–Kier alpha value is -1.09. The van der Waals surface area contributed by atoms with Crippen LogP contribution in [0, 0.1) is 6.92 Å². The Morgan fingerprint density at radius 2 is 2.07 bits per heavy atom. The standard InChI is InChI=1S/C12H19NO2/c1-10-5-6-13(11(14)9-10)7-8-15-12(2,3)4/h5-6,9H,7-8H2,1-4H3. The molecule has 0 saturated heterocycles. The predicted octanol–water partition coefficient (Wildman–Crippen LogP) is 1.97. The molecule has 15 heavy (non-hydrogen) atoms. The molecule has 0 aliphatic rings. The van der Waals surface area contributed by atoms with Gasteiger partial charge in [0, 0.05) is 18.8 Å². The fraction of sp³-hybridized carbons (Fsp3) is 0.583. The summed E-state index contributed by atoms with van der Waals surface area (Å²) < 4.78 is 7.22. The van der Waals surface area contributed by atoms with E-state index >= 15 is 0 Å². The first kappa shape index (κ1) is 12.0. The predicted molar refractivity (Wildman–Crippen MR) is 61.1 cm³/mol. The minimum absolute atomic E-state index is 0.0347. The number of aryl methyl sites for hydroxylation is 1. The number of hydrogen-bond acceptors (Lipinski definition) is 2.